The molecular formula is C21H36NO3-. The van der Waals surface area contributed by atoms with Crippen LogP contribution in [0.3, 0.4) is 0 Å². The third-order valence-corrected chi connectivity index (χ3v) is 4.08. The Kier molecular flexibility index (Phi) is 15.0. The average molecular weight is 351 g/mol. The predicted molar refractivity (Wildman–Crippen MR) is 103 cm³/mol. The Bertz CT molecular complexity index is 447. The summed E-state index contributed by atoms with van der Waals surface area (Å²) in [6.07, 6.45) is 14.4. The Balaban J connectivity index is 0.000000496. The van der Waals surface area contributed by atoms with E-state index in [0.717, 1.165) is 0 Å². The van der Waals surface area contributed by atoms with Crippen LogP contribution in [0, 0.1) is 0 Å². The van der Waals surface area contributed by atoms with E-state index in [1.54, 1.807) is 0 Å². The van der Waals surface area contributed by atoms with Gasteiger partial charge in [-0.25, -0.2) is 4.79 Å². The van der Waals surface area contributed by atoms with Crippen LogP contribution in [0.25, 0.3) is 0 Å². The van der Waals surface area contributed by atoms with E-state index >= 15 is 0 Å². The Morgan fingerprint density at radius 3 is 1.80 bits per heavy atom. The first-order chi connectivity index (χ1) is 12.0. The van der Waals surface area contributed by atoms with Crippen molar-refractivity contribution in [1.82, 2.24) is 4.90 Å². The Morgan fingerprint density at radius 2 is 1.40 bits per heavy atom. The summed E-state index contributed by atoms with van der Waals surface area (Å²) in [5.74, 6) is -1.62. The summed E-state index contributed by atoms with van der Waals surface area (Å²) in [5, 5.41) is 19.0. The van der Waals surface area contributed by atoms with Crippen molar-refractivity contribution >= 4 is 5.97 Å². The first kappa shape index (κ1) is 23.4. The number of hydrogen-bond acceptors (Lipinski definition) is 3. The molecule has 0 unspecified atom stereocenters. The number of carboxylic acid groups (broad SMARTS) is 1. The van der Waals surface area contributed by atoms with E-state index in [1.807, 2.05) is 0 Å². The van der Waals surface area contributed by atoms with Gasteiger partial charge in [0.05, 0.1) is 5.56 Å². The Hall–Kier alpha value is -1.55. The molecule has 144 valence electrons. The molecule has 1 rings (SSSR count). The van der Waals surface area contributed by atoms with Gasteiger partial charge in [0.25, 0.3) is 0 Å². The number of benzene rings is 1. The SMILES string of the molecule is CCCCCCCCCCCCN(C)C.O=C(O)c1ccccc1[O-]. The predicted octanol–water partition coefficient (Wildman–Crippen LogP) is 4.93. The monoisotopic (exact) mass is 350 g/mol. The standard InChI is InChI=1S/C14H31N.C7H6O3/c1-4-5-6-7-8-9-10-11-12-13-14-15(2)3;8-6-4-2-1-3-5(6)7(9)10/h4-14H2,1-3H3;1-4,8H,(H,9,10)/p-1. The van der Waals surface area contributed by atoms with Crippen LogP contribution in [0.15, 0.2) is 24.3 Å². The van der Waals surface area contributed by atoms with Gasteiger partial charge in [0.2, 0.25) is 0 Å². The third-order valence-electron chi connectivity index (χ3n) is 4.08. The second-order valence-corrected chi connectivity index (χ2v) is 6.79. The first-order valence-corrected chi connectivity index (χ1v) is 9.63. The highest BCUT2D eigenvalue weighted by Crippen LogP contribution is 2.11. The van der Waals surface area contributed by atoms with Crippen LogP contribution in [0.5, 0.6) is 5.75 Å². The van der Waals surface area contributed by atoms with Gasteiger partial charge in [-0.1, -0.05) is 88.7 Å². The second kappa shape index (κ2) is 15.9. The zero-order chi connectivity index (χ0) is 18.9. The van der Waals surface area contributed by atoms with Crippen molar-refractivity contribution in [2.24, 2.45) is 0 Å². The minimum atomic E-state index is -1.18. The fourth-order valence-corrected chi connectivity index (χ4v) is 2.56. The fourth-order valence-electron chi connectivity index (χ4n) is 2.56. The molecule has 0 atom stereocenters. The first-order valence-electron chi connectivity index (χ1n) is 9.63. The number of rotatable bonds is 12. The molecule has 25 heavy (non-hydrogen) atoms. The normalized spacial score (nSPS) is 10.4. The molecule has 1 N–H and O–H groups in total. The average Bonchev–Trinajstić information content (AvgIpc) is 2.57. The van der Waals surface area contributed by atoms with Gasteiger partial charge in [-0.15, -0.1) is 0 Å². The van der Waals surface area contributed by atoms with Crippen molar-refractivity contribution in [3.63, 3.8) is 0 Å². The lowest BCUT2D eigenvalue weighted by atomic mass is 10.1. The molecule has 0 aliphatic carbocycles. The smallest absolute Gasteiger partial charge is 0.335 e. The summed E-state index contributed by atoms with van der Waals surface area (Å²) in [7, 11) is 4.32. The topological polar surface area (TPSA) is 63.6 Å². The maximum Gasteiger partial charge on any atom is 0.335 e. The van der Waals surface area contributed by atoms with Crippen molar-refractivity contribution in [3.05, 3.63) is 29.8 Å². The molecule has 0 amide bonds. The van der Waals surface area contributed by atoms with E-state index in [9.17, 15) is 9.90 Å². The lowest BCUT2D eigenvalue weighted by Gasteiger charge is -2.08. The van der Waals surface area contributed by atoms with Gasteiger partial charge in [0, 0.05) is 0 Å². The molecule has 0 fully saturated rings. The highest BCUT2D eigenvalue weighted by Gasteiger charge is 1.99. The highest BCUT2D eigenvalue weighted by atomic mass is 16.4. The number of carbonyl (C=O) groups is 1. The number of para-hydroxylation sites is 1. The molecule has 0 aromatic heterocycles. The number of unbranched alkanes of at least 4 members (excludes halogenated alkanes) is 9. The molecule has 0 aliphatic rings. The molecule has 0 spiro atoms. The summed E-state index contributed by atoms with van der Waals surface area (Å²) >= 11 is 0. The van der Waals surface area contributed by atoms with Crippen LogP contribution in [0.2, 0.25) is 0 Å². The largest absolute Gasteiger partial charge is 0.872 e. The van der Waals surface area contributed by atoms with Crippen molar-refractivity contribution in [2.75, 3.05) is 20.6 Å². The molecule has 1 aromatic rings. The molecule has 0 bridgehead atoms. The molecule has 0 aliphatic heterocycles. The lowest BCUT2D eigenvalue weighted by Crippen LogP contribution is -2.12. The summed E-state index contributed by atoms with van der Waals surface area (Å²) in [4.78, 5) is 12.5. The zero-order valence-electron chi connectivity index (χ0n) is 16.3. The summed E-state index contributed by atoms with van der Waals surface area (Å²) < 4.78 is 0. The van der Waals surface area contributed by atoms with Gasteiger partial charge in [0.15, 0.2) is 0 Å². The fraction of sp³-hybridized carbons (Fsp3) is 0.667. The summed E-state index contributed by atoms with van der Waals surface area (Å²) in [6.45, 7) is 3.54. The lowest BCUT2D eigenvalue weighted by molar-refractivity contribution is -0.268. The van der Waals surface area contributed by atoms with E-state index in [2.05, 4.69) is 25.9 Å². The molecule has 4 heteroatoms. The molecular weight excluding hydrogens is 314 g/mol. The van der Waals surface area contributed by atoms with Crippen molar-refractivity contribution in [3.8, 4) is 5.75 Å². The quantitative estimate of drug-likeness (QED) is 0.543. The molecule has 0 radical (unpaired) electrons. The van der Waals surface area contributed by atoms with Gasteiger partial charge in [-0.3, -0.25) is 0 Å². The third kappa shape index (κ3) is 14.5. The molecule has 0 saturated heterocycles. The van der Waals surface area contributed by atoms with Gasteiger partial charge in [-0.2, -0.15) is 0 Å². The zero-order valence-corrected chi connectivity index (χ0v) is 16.3. The van der Waals surface area contributed by atoms with Gasteiger partial charge >= 0.3 is 5.97 Å². The number of hydrogen-bond donors (Lipinski definition) is 1. The van der Waals surface area contributed by atoms with Crippen molar-refractivity contribution in [2.45, 2.75) is 71.1 Å². The van der Waals surface area contributed by atoms with E-state index in [-0.39, 0.29) is 5.56 Å². The number of aromatic carboxylic acids is 1. The van der Waals surface area contributed by atoms with Crippen molar-refractivity contribution < 1.29 is 15.0 Å². The van der Waals surface area contributed by atoms with E-state index in [4.69, 9.17) is 5.11 Å². The molecule has 0 heterocycles. The molecule has 4 nitrogen and oxygen atoms in total. The summed E-state index contributed by atoms with van der Waals surface area (Å²) in [6, 6.07) is 5.54. The van der Waals surface area contributed by atoms with Crippen LogP contribution >= 0.6 is 0 Å². The minimum Gasteiger partial charge on any atom is -0.872 e. The van der Waals surface area contributed by atoms with Gasteiger partial charge in [0.1, 0.15) is 0 Å². The van der Waals surface area contributed by atoms with Crippen molar-refractivity contribution in [1.29, 1.82) is 0 Å². The van der Waals surface area contributed by atoms with E-state index < -0.39 is 11.7 Å². The Morgan fingerprint density at radius 1 is 0.920 bits per heavy atom. The van der Waals surface area contributed by atoms with Gasteiger partial charge < -0.3 is 15.1 Å². The minimum absolute atomic E-state index is 0.178. The second-order valence-electron chi connectivity index (χ2n) is 6.79. The maximum absolute atomic E-state index is 10.7. The van der Waals surface area contributed by atoms with Crippen LogP contribution in [0.4, 0.5) is 0 Å². The van der Waals surface area contributed by atoms with Crippen LogP contribution in [0.1, 0.15) is 81.5 Å². The maximum atomic E-state index is 10.7. The number of carboxylic acids is 1. The molecule has 0 saturated carbocycles. The Labute approximate surface area is 153 Å². The van der Waals surface area contributed by atoms with Crippen LogP contribution in [-0.4, -0.2) is 36.6 Å². The summed E-state index contributed by atoms with van der Waals surface area (Å²) in [5.41, 5.74) is -0.178. The van der Waals surface area contributed by atoms with Crippen LogP contribution < -0.4 is 5.11 Å². The number of nitrogens with zero attached hydrogens (tertiary/aromatic N) is 1. The van der Waals surface area contributed by atoms with Crippen LogP contribution in [-0.2, 0) is 0 Å². The van der Waals surface area contributed by atoms with E-state index in [1.165, 1.54) is 95.0 Å². The van der Waals surface area contributed by atoms with E-state index in [0.29, 0.717) is 0 Å². The van der Waals surface area contributed by atoms with Gasteiger partial charge in [-0.05, 0) is 33.1 Å². The molecule has 1 aromatic carbocycles. The highest BCUT2D eigenvalue weighted by molar-refractivity contribution is 5.90.